The lowest BCUT2D eigenvalue weighted by Gasteiger charge is -2.12. The van der Waals surface area contributed by atoms with Crippen molar-refractivity contribution in [2.45, 2.75) is 10.1 Å². The number of anilines is 1. The first-order valence-corrected chi connectivity index (χ1v) is 8.79. The summed E-state index contributed by atoms with van der Waals surface area (Å²) in [6.07, 6.45) is 1.67. The molecule has 18 heavy (non-hydrogen) atoms. The molecule has 0 aromatic carbocycles. The van der Waals surface area contributed by atoms with Gasteiger partial charge in [0.1, 0.15) is 10.0 Å². The molecule has 0 saturated heterocycles. The van der Waals surface area contributed by atoms with Crippen LogP contribution in [0.3, 0.4) is 0 Å². The van der Waals surface area contributed by atoms with Crippen molar-refractivity contribution < 1.29 is 16.8 Å². The molecule has 1 rings (SSSR count). The number of nitrogens with zero attached hydrogens (tertiary/aromatic N) is 1. The first-order valence-electron chi connectivity index (χ1n) is 4.26. The number of sulfone groups is 2. The molecule has 0 saturated carbocycles. The molecule has 1 aromatic heterocycles. The van der Waals surface area contributed by atoms with Gasteiger partial charge in [-0.3, -0.25) is 5.84 Å². The van der Waals surface area contributed by atoms with Crippen LogP contribution in [0.5, 0.6) is 0 Å². The van der Waals surface area contributed by atoms with E-state index in [0.29, 0.717) is 0 Å². The molecule has 1 aromatic rings. The van der Waals surface area contributed by atoms with Gasteiger partial charge in [-0.1, -0.05) is 23.2 Å². The number of hydrogen-bond acceptors (Lipinski definition) is 7. The molecule has 11 heteroatoms. The van der Waals surface area contributed by atoms with Crippen LogP contribution in [0.4, 0.5) is 5.69 Å². The third-order valence-electron chi connectivity index (χ3n) is 1.86. The van der Waals surface area contributed by atoms with Gasteiger partial charge in [-0.2, -0.15) is 0 Å². The predicted octanol–water partition coefficient (Wildman–Crippen LogP) is 0.481. The van der Waals surface area contributed by atoms with Crippen LogP contribution in [0.25, 0.3) is 0 Å². The highest BCUT2D eigenvalue weighted by Crippen LogP contribution is 2.37. The van der Waals surface area contributed by atoms with E-state index in [1.165, 1.54) is 0 Å². The van der Waals surface area contributed by atoms with Crippen molar-refractivity contribution in [3.05, 3.63) is 10.0 Å². The summed E-state index contributed by atoms with van der Waals surface area (Å²) in [5.41, 5.74) is 1.84. The van der Waals surface area contributed by atoms with Crippen LogP contribution in [0.2, 0.25) is 10.0 Å². The Morgan fingerprint density at radius 1 is 1.00 bits per heavy atom. The Morgan fingerprint density at radius 2 is 1.33 bits per heavy atom. The maximum atomic E-state index is 11.5. The molecule has 0 bridgehead atoms. The standard InChI is InChI=1S/C7H9Cl2N3O4S2/c1-17(13,14)6-3(8)5(12-10)4(9)7(11-6)18(2,15)16/h10H2,1-2H3,(H,11,12). The van der Waals surface area contributed by atoms with Gasteiger partial charge in [-0.15, -0.1) is 0 Å². The number of pyridine rings is 1. The van der Waals surface area contributed by atoms with E-state index in [9.17, 15) is 16.8 Å². The highest BCUT2D eigenvalue weighted by atomic mass is 35.5. The van der Waals surface area contributed by atoms with Crippen LogP contribution in [0.15, 0.2) is 10.1 Å². The van der Waals surface area contributed by atoms with Crippen LogP contribution in [-0.4, -0.2) is 34.3 Å². The first-order chi connectivity index (χ1) is 8.00. The molecule has 0 fully saturated rings. The van der Waals surface area contributed by atoms with Crippen molar-refractivity contribution in [2.75, 3.05) is 17.9 Å². The molecular formula is C7H9Cl2N3O4S2. The fraction of sp³-hybridized carbons (Fsp3) is 0.286. The summed E-state index contributed by atoms with van der Waals surface area (Å²) in [4.78, 5) is 3.49. The second-order valence-corrected chi connectivity index (χ2v) is 8.03. The number of hydrogen-bond donors (Lipinski definition) is 2. The Bertz CT molecular complexity index is 644. The topological polar surface area (TPSA) is 119 Å². The number of nitrogens with two attached hydrogens (primary N) is 1. The molecule has 0 amide bonds. The summed E-state index contributed by atoms with van der Waals surface area (Å²) in [5.74, 6) is 5.14. The van der Waals surface area contributed by atoms with Gasteiger partial charge in [0.2, 0.25) is 0 Å². The van der Waals surface area contributed by atoms with Gasteiger partial charge in [-0.05, 0) is 0 Å². The SMILES string of the molecule is CS(=O)(=O)c1nc(S(C)(=O)=O)c(Cl)c(NN)c1Cl. The zero-order chi connectivity index (χ0) is 14.3. The number of rotatable bonds is 3. The van der Waals surface area contributed by atoms with E-state index < -0.39 is 29.7 Å². The molecule has 0 unspecified atom stereocenters. The summed E-state index contributed by atoms with van der Waals surface area (Å²) in [6, 6.07) is 0. The fourth-order valence-electron chi connectivity index (χ4n) is 1.12. The molecule has 0 radical (unpaired) electrons. The highest BCUT2D eigenvalue weighted by molar-refractivity contribution is 7.91. The zero-order valence-corrected chi connectivity index (χ0v) is 12.4. The van der Waals surface area contributed by atoms with E-state index in [2.05, 4.69) is 10.4 Å². The summed E-state index contributed by atoms with van der Waals surface area (Å²) >= 11 is 11.5. The van der Waals surface area contributed by atoms with Gasteiger partial charge in [0.25, 0.3) is 0 Å². The quantitative estimate of drug-likeness (QED) is 0.609. The molecule has 0 atom stereocenters. The molecule has 0 aliphatic heterocycles. The maximum absolute atomic E-state index is 11.5. The van der Waals surface area contributed by atoms with Crippen LogP contribution in [0.1, 0.15) is 0 Å². The summed E-state index contributed by atoms with van der Waals surface area (Å²) < 4.78 is 45.8. The summed E-state index contributed by atoms with van der Waals surface area (Å²) in [7, 11) is -7.65. The molecule has 3 N–H and O–H groups in total. The monoisotopic (exact) mass is 333 g/mol. The lowest BCUT2D eigenvalue weighted by molar-refractivity contribution is 0.591. The third-order valence-corrected chi connectivity index (χ3v) is 4.82. The average molecular weight is 334 g/mol. The van der Waals surface area contributed by atoms with Gasteiger partial charge in [0.15, 0.2) is 29.7 Å². The predicted molar refractivity (Wildman–Crippen MR) is 68.3 cm³/mol. The maximum Gasteiger partial charge on any atom is 0.194 e. The molecule has 0 aliphatic carbocycles. The van der Waals surface area contributed by atoms with E-state index in [1.807, 2.05) is 0 Å². The van der Waals surface area contributed by atoms with E-state index >= 15 is 0 Å². The Labute approximate surface area is 114 Å². The Hall–Kier alpha value is -0.610. The van der Waals surface area contributed by atoms with E-state index in [1.54, 1.807) is 0 Å². The second-order valence-electron chi connectivity index (χ2n) is 3.41. The van der Waals surface area contributed by atoms with E-state index in [4.69, 9.17) is 29.0 Å². The van der Waals surface area contributed by atoms with Crippen LogP contribution < -0.4 is 11.3 Å². The van der Waals surface area contributed by atoms with Gasteiger partial charge < -0.3 is 5.43 Å². The first kappa shape index (κ1) is 15.4. The Morgan fingerprint density at radius 3 is 1.56 bits per heavy atom. The van der Waals surface area contributed by atoms with Gasteiger partial charge in [-0.25, -0.2) is 21.8 Å². The number of aromatic nitrogens is 1. The van der Waals surface area contributed by atoms with Crippen molar-refractivity contribution in [2.24, 2.45) is 5.84 Å². The molecule has 0 spiro atoms. The molecular weight excluding hydrogens is 325 g/mol. The molecule has 7 nitrogen and oxygen atoms in total. The van der Waals surface area contributed by atoms with Crippen molar-refractivity contribution in [1.29, 1.82) is 0 Å². The minimum Gasteiger partial charge on any atom is -0.321 e. The molecule has 102 valence electrons. The summed E-state index contributed by atoms with van der Waals surface area (Å²) in [6.45, 7) is 0. The number of hydrazine groups is 1. The normalized spacial score (nSPS) is 12.5. The minimum atomic E-state index is -3.83. The minimum absolute atomic E-state index is 0.214. The third kappa shape index (κ3) is 2.86. The smallest absolute Gasteiger partial charge is 0.194 e. The second kappa shape index (κ2) is 4.82. The number of nitrogens with one attached hydrogen (secondary N) is 1. The van der Waals surface area contributed by atoms with Crippen molar-refractivity contribution in [1.82, 2.24) is 4.98 Å². The lowest BCUT2D eigenvalue weighted by atomic mass is 10.4. The Balaban J connectivity index is 3.91. The van der Waals surface area contributed by atoms with Crippen LogP contribution in [0, 0.1) is 0 Å². The largest absolute Gasteiger partial charge is 0.321 e. The van der Waals surface area contributed by atoms with Crippen LogP contribution >= 0.6 is 23.2 Å². The number of halogens is 2. The lowest BCUT2D eigenvalue weighted by Crippen LogP contribution is -2.15. The van der Waals surface area contributed by atoms with E-state index in [0.717, 1.165) is 12.5 Å². The fourth-order valence-corrected chi connectivity index (χ4v) is 3.82. The van der Waals surface area contributed by atoms with Crippen molar-refractivity contribution >= 4 is 48.6 Å². The van der Waals surface area contributed by atoms with Crippen molar-refractivity contribution in [3.63, 3.8) is 0 Å². The van der Waals surface area contributed by atoms with E-state index in [-0.39, 0.29) is 15.7 Å². The van der Waals surface area contributed by atoms with Gasteiger partial charge in [0, 0.05) is 12.5 Å². The highest BCUT2D eigenvalue weighted by Gasteiger charge is 2.27. The Kier molecular flexibility index (Phi) is 4.13. The van der Waals surface area contributed by atoms with Crippen molar-refractivity contribution in [3.8, 4) is 0 Å². The van der Waals surface area contributed by atoms with Gasteiger partial charge in [0.05, 0.1) is 5.69 Å². The molecule has 1 heterocycles. The summed E-state index contributed by atoms with van der Waals surface area (Å²) in [5, 5.41) is -1.95. The van der Waals surface area contributed by atoms with Crippen LogP contribution in [-0.2, 0) is 19.7 Å². The number of nitrogen functional groups attached to an aromatic ring is 1. The molecule has 0 aliphatic rings. The zero-order valence-electron chi connectivity index (χ0n) is 9.23. The average Bonchev–Trinajstić information content (AvgIpc) is 2.14. The van der Waals surface area contributed by atoms with Gasteiger partial charge >= 0.3 is 0 Å².